The van der Waals surface area contributed by atoms with Crippen LogP contribution in [0, 0.1) is 0 Å². The van der Waals surface area contributed by atoms with E-state index in [9.17, 15) is 4.79 Å². The molecule has 0 aromatic heterocycles. The van der Waals surface area contributed by atoms with E-state index in [1.807, 2.05) is 18.2 Å². The molecule has 33 heavy (non-hydrogen) atoms. The van der Waals surface area contributed by atoms with Crippen molar-refractivity contribution in [3.63, 3.8) is 0 Å². The molecule has 0 saturated heterocycles. The predicted molar refractivity (Wildman–Crippen MR) is 145 cm³/mol. The summed E-state index contributed by atoms with van der Waals surface area (Å²) in [6.07, 6.45) is 20.9. The Bertz CT molecular complexity index is 636. The van der Waals surface area contributed by atoms with Crippen LogP contribution in [0.5, 0.6) is 5.75 Å². The van der Waals surface area contributed by atoms with Crippen LogP contribution in [-0.4, -0.2) is 24.2 Å². The highest BCUT2D eigenvalue weighted by molar-refractivity contribution is 7.80. The molecule has 1 aromatic carbocycles. The van der Waals surface area contributed by atoms with Crippen molar-refractivity contribution in [3.05, 3.63) is 29.8 Å². The minimum absolute atomic E-state index is 0.222. The lowest BCUT2D eigenvalue weighted by Gasteiger charge is -2.13. The summed E-state index contributed by atoms with van der Waals surface area (Å²) in [6, 6.07) is 7.32. The van der Waals surface area contributed by atoms with Crippen LogP contribution in [0.4, 0.5) is 0 Å². The summed E-state index contributed by atoms with van der Waals surface area (Å²) in [5.74, 6) is 0.388. The van der Waals surface area contributed by atoms with Gasteiger partial charge in [-0.15, -0.1) is 0 Å². The van der Waals surface area contributed by atoms with Crippen LogP contribution < -0.4 is 15.4 Å². The van der Waals surface area contributed by atoms with Gasteiger partial charge < -0.3 is 10.1 Å². The molecule has 5 heteroatoms. The first-order valence-corrected chi connectivity index (χ1v) is 13.9. The number of unbranched alkanes of at least 4 members (excludes halogenated alkanes) is 14. The predicted octanol–water partition coefficient (Wildman–Crippen LogP) is 7.95. The SMILES string of the molecule is CCCCCCCCCCCCCCCCNC(=S)NC(=O)c1ccccc1OCCCC. The summed E-state index contributed by atoms with van der Waals surface area (Å²) in [5.41, 5.74) is 0.522. The summed E-state index contributed by atoms with van der Waals surface area (Å²) in [4.78, 5) is 12.6. The van der Waals surface area contributed by atoms with Gasteiger partial charge in [0.2, 0.25) is 0 Å². The van der Waals surface area contributed by atoms with Gasteiger partial charge in [0, 0.05) is 6.54 Å². The molecule has 0 aliphatic heterocycles. The Morgan fingerprint density at radius 3 is 1.85 bits per heavy atom. The van der Waals surface area contributed by atoms with E-state index in [2.05, 4.69) is 24.5 Å². The number of carbonyl (C=O) groups is 1. The maximum Gasteiger partial charge on any atom is 0.261 e. The first-order valence-electron chi connectivity index (χ1n) is 13.5. The number of para-hydroxylation sites is 1. The third-order valence-corrected chi connectivity index (χ3v) is 6.18. The first kappa shape index (κ1) is 29.4. The van der Waals surface area contributed by atoms with Crippen LogP contribution in [0.25, 0.3) is 0 Å². The van der Waals surface area contributed by atoms with Gasteiger partial charge in [-0.05, 0) is 37.2 Å². The highest BCUT2D eigenvalue weighted by Gasteiger charge is 2.13. The summed E-state index contributed by atoms with van der Waals surface area (Å²) in [5, 5.41) is 6.32. The van der Waals surface area contributed by atoms with E-state index in [0.717, 1.165) is 25.8 Å². The number of rotatable bonds is 20. The van der Waals surface area contributed by atoms with Crippen molar-refractivity contribution in [2.45, 2.75) is 117 Å². The second-order valence-corrected chi connectivity index (χ2v) is 9.41. The molecule has 0 unspecified atom stereocenters. The second-order valence-electron chi connectivity index (χ2n) is 9.00. The molecule has 0 spiro atoms. The van der Waals surface area contributed by atoms with E-state index in [1.165, 1.54) is 83.5 Å². The molecule has 0 aliphatic rings. The van der Waals surface area contributed by atoms with E-state index in [-0.39, 0.29) is 5.91 Å². The Balaban J connectivity index is 2.02. The summed E-state index contributed by atoms with van der Waals surface area (Å²) < 4.78 is 5.75. The Hall–Kier alpha value is -1.62. The van der Waals surface area contributed by atoms with Crippen LogP contribution in [0.1, 0.15) is 127 Å². The minimum Gasteiger partial charge on any atom is -0.493 e. The van der Waals surface area contributed by atoms with Crippen molar-refractivity contribution in [3.8, 4) is 5.75 Å². The van der Waals surface area contributed by atoms with Crippen molar-refractivity contribution in [2.24, 2.45) is 0 Å². The number of hydrogen-bond donors (Lipinski definition) is 2. The molecule has 4 nitrogen and oxygen atoms in total. The lowest BCUT2D eigenvalue weighted by Crippen LogP contribution is -2.39. The quantitative estimate of drug-likeness (QED) is 0.148. The molecule has 188 valence electrons. The van der Waals surface area contributed by atoms with Gasteiger partial charge in [0.15, 0.2) is 5.11 Å². The molecule has 0 radical (unpaired) electrons. The van der Waals surface area contributed by atoms with E-state index >= 15 is 0 Å². The van der Waals surface area contributed by atoms with Crippen LogP contribution >= 0.6 is 12.2 Å². The maximum absolute atomic E-state index is 12.6. The zero-order valence-electron chi connectivity index (χ0n) is 21.3. The average molecular weight is 477 g/mol. The summed E-state index contributed by atoms with van der Waals surface area (Å²) >= 11 is 5.30. The topological polar surface area (TPSA) is 50.4 Å². The van der Waals surface area contributed by atoms with Crippen molar-refractivity contribution in [1.82, 2.24) is 10.6 Å². The number of hydrogen-bond acceptors (Lipinski definition) is 3. The molecule has 1 aromatic rings. The zero-order valence-corrected chi connectivity index (χ0v) is 22.1. The Morgan fingerprint density at radius 2 is 1.27 bits per heavy atom. The van der Waals surface area contributed by atoms with E-state index in [4.69, 9.17) is 17.0 Å². The van der Waals surface area contributed by atoms with Crippen molar-refractivity contribution in [1.29, 1.82) is 0 Å². The molecule has 2 N–H and O–H groups in total. The van der Waals surface area contributed by atoms with Gasteiger partial charge in [-0.25, -0.2) is 0 Å². The number of thiocarbonyl (C=S) groups is 1. The Morgan fingerprint density at radius 1 is 0.758 bits per heavy atom. The van der Waals surface area contributed by atoms with Crippen LogP contribution in [0.2, 0.25) is 0 Å². The first-order chi connectivity index (χ1) is 16.2. The van der Waals surface area contributed by atoms with Gasteiger partial charge in [0.25, 0.3) is 5.91 Å². The largest absolute Gasteiger partial charge is 0.493 e. The fourth-order valence-corrected chi connectivity index (χ4v) is 4.04. The molecule has 1 amide bonds. The molecule has 0 atom stereocenters. The van der Waals surface area contributed by atoms with Gasteiger partial charge in [-0.1, -0.05) is 116 Å². The molecule has 1 rings (SSSR count). The van der Waals surface area contributed by atoms with Crippen LogP contribution in [0.15, 0.2) is 24.3 Å². The standard InChI is InChI=1S/C28H48N2O2S/c1-3-5-7-8-9-10-11-12-13-14-15-16-17-20-23-29-28(33)30-27(31)25-21-18-19-22-26(25)32-24-6-4-2/h18-19,21-22H,3-17,20,23-24H2,1-2H3,(H2,29,30,31,33). The van der Waals surface area contributed by atoms with E-state index < -0.39 is 0 Å². The molecule has 0 heterocycles. The summed E-state index contributed by atoms with van der Waals surface area (Å²) in [7, 11) is 0. The third kappa shape index (κ3) is 15.8. The van der Waals surface area contributed by atoms with Crippen LogP contribution in [0.3, 0.4) is 0 Å². The third-order valence-electron chi connectivity index (χ3n) is 5.93. The molecule has 0 bridgehead atoms. The maximum atomic E-state index is 12.6. The lowest BCUT2D eigenvalue weighted by molar-refractivity contribution is 0.0972. The highest BCUT2D eigenvalue weighted by atomic mass is 32.1. The van der Waals surface area contributed by atoms with E-state index in [0.29, 0.717) is 23.0 Å². The van der Waals surface area contributed by atoms with Crippen molar-refractivity contribution >= 4 is 23.2 Å². The van der Waals surface area contributed by atoms with Gasteiger partial charge >= 0.3 is 0 Å². The molecule has 0 saturated carbocycles. The number of amides is 1. The number of nitrogens with one attached hydrogen (secondary N) is 2. The van der Waals surface area contributed by atoms with Crippen LogP contribution in [-0.2, 0) is 0 Å². The Labute approximate surface area is 208 Å². The zero-order chi connectivity index (χ0) is 24.0. The normalized spacial score (nSPS) is 10.7. The number of ether oxygens (including phenoxy) is 1. The molecule has 0 aliphatic carbocycles. The van der Waals surface area contributed by atoms with Gasteiger partial charge in [0.05, 0.1) is 12.2 Å². The van der Waals surface area contributed by atoms with Gasteiger partial charge in [-0.2, -0.15) is 0 Å². The molecular formula is C28H48N2O2S. The fourth-order valence-electron chi connectivity index (χ4n) is 3.84. The smallest absolute Gasteiger partial charge is 0.261 e. The second kappa shape index (κ2) is 20.9. The number of benzene rings is 1. The monoisotopic (exact) mass is 476 g/mol. The minimum atomic E-state index is -0.222. The average Bonchev–Trinajstić information content (AvgIpc) is 2.82. The number of carbonyl (C=O) groups excluding carboxylic acids is 1. The summed E-state index contributed by atoms with van der Waals surface area (Å²) in [6.45, 7) is 5.80. The lowest BCUT2D eigenvalue weighted by atomic mass is 10.0. The fraction of sp³-hybridized carbons (Fsp3) is 0.714. The Kier molecular flexibility index (Phi) is 18.7. The van der Waals surface area contributed by atoms with Gasteiger partial charge in [-0.3, -0.25) is 10.1 Å². The molecule has 0 fully saturated rings. The molecular weight excluding hydrogens is 428 g/mol. The van der Waals surface area contributed by atoms with Crippen molar-refractivity contribution < 1.29 is 9.53 Å². The highest BCUT2D eigenvalue weighted by Crippen LogP contribution is 2.18. The van der Waals surface area contributed by atoms with E-state index in [1.54, 1.807) is 6.07 Å². The van der Waals surface area contributed by atoms with Crippen molar-refractivity contribution in [2.75, 3.05) is 13.2 Å². The van der Waals surface area contributed by atoms with Gasteiger partial charge in [0.1, 0.15) is 5.75 Å².